The van der Waals surface area contributed by atoms with E-state index in [0.717, 1.165) is 5.56 Å². The Morgan fingerprint density at radius 1 is 1.61 bits per heavy atom. The van der Waals surface area contributed by atoms with Crippen molar-refractivity contribution in [2.45, 2.75) is 18.9 Å². The van der Waals surface area contributed by atoms with Gasteiger partial charge >= 0.3 is 5.97 Å². The average molecular weight is 247 g/mol. The lowest BCUT2D eigenvalue weighted by molar-refractivity contribution is -0.154. The van der Waals surface area contributed by atoms with Crippen molar-refractivity contribution in [3.8, 4) is 5.75 Å². The van der Waals surface area contributed by atoms with Crippen LogP contribution in [0, 0.1) is 5.92 Å². The number of benzene rings is 1. The van der Waals surface area contributed by atoms with E-state index in [0.29, 0.717) is 24.5 Å². The zero-order valence-electron chi connectivity index (χ0n) is 9.92. The van der Waals surface area contributed by atoms with E-state index in [1.54, 1.807) is 13.0 Å². The topological polar surface area (TPSA) is 68.1 Å². The third-order valence-electron chi connectivity index (χ3n) is 3.42. The van der Waals surface area contributed by atoms with Gasteiger partial charge in [-0.25, -0.2) is 4.79 Å². The summed E-state index contributed by atoms with van der Waals surface area (Å²) in [5.74, 6) is -0.0331. The van der Waals surface area contributed by atoms with Gasteiger partial charge < -0.3 is 14.7 Å². The van der Waals surface area contributed by atoms with Crippen molar-refractivity contribution in [2.24, 2.45) is 11.1 Å². The monoisotopic (exact) mass is 247 g/mol. The summed E-state index contributed by atoms with van der Waals surface area (Å²) in [5.41, 5.74) is 0.263. The molecule has 0 aromatic heterocycles. The fourth-order valence-corrected chi connectivity index (χ4v) is 2.47. The molecule has 1 saturated carbocycles. The molecule has 0 bridgehead atoms. The molecule has 2 atom stereocenters. The summed E-state index contributed by atoms with van der Waals surface area (Å²) in [6.07, 6.45) is 0.500. The first-order valence-electron chi connectivity index (χ1n) is 5.90. The molecule has 0 radical (unpaired) electrons. The van der Waals surface area contributed by atoms with E-state index < -0.39 is 5.60 Å². The Hall–Kier alpha value is -2.04. The van der Waals surface area contributed by atoms with E-state index in [-0.39, 0.29) is 11.9 Å². The molecule has 2 aliphatic rings. The highest BCUT2D eigenvalue weighted by Gasteiger charge is 2.69. The molecule has 5 heteroatoms. The molecule has 1 aromatic rings. The van der Waals surface area contributed by atoms with Gasteiger partial charge in [-0.1, -0.05) is 17.3 Å². The van der Waals surface area contributed by atoms with Gasteiger partial charge in [-0.2, -0.15) is 0 Å². The second kappa shape index (κ2) is 3.73. The van der Waals surface area contributed by atoms with Crippen LogP contribution in [0.4, 0.5) is 0 Å². The second-order valence-corrected chi connectivity index (χ2v) is 4.45. The van der Waals surface area contributed by atoms with Gasteiger partial charge in [-0.05, 0) is 19.1 Å². The Morgan fingerprint density at radius 3 is 3.11 bits per heavy atom. The minimum absolute atomic E-state index is 0.212. The molecular weight excluding hydrogens is 234 g/mol. The van der Waals surface area contributed by atoms with Crippen LogP contribution in [0.15, 0.2) is 29.4 Å². The van der Waals surface area contributed by atoms with Gasteiger partial charge in [0.1, 0.15) is 5.75 Å². The summed E-state index contributed by atoms with van der Waals surface area (Å²) >= 11 is 0. The number of hydrogen-bond donors (Lipinski definition) is 1. The van der Waals surface area contributed by atoms with Crippen LogP contribution >= 0.6 is 0 Å². The number of carbonyl (C=O) groups is 1. The minimum atomic E-state index is -0.980. The second-order valence-electron chi connectivity index (χ2n) is 4.45. The Bertz CT molecular complexity index is 540. The highest BCUT2D eigenvalue weighted by molar-refractivity contribution is 6.12. The van der Waals surface area contributed by atoms with E-state index in [2.05, 4.69) is 5.16 Å². The summed E-state index contributed by atoms with van der Waals surface area (Å²) in [6.45, 7) is 2.06. The SMILES string of the molecule is CCOC(=O)[C@@]12C[C@@H]1/C(=N/O)c1ccccc1O2. The lowest BCUT2D eigenvalue weighted by Gasteiger charge is -2.24. The number of esters is 1. The Morgan fingerprint density at radius 2 is 2.39 bits per heavy atom. The standard InChI is InChI=1S/C13H13NO4/c1-2-17-12(15)13-7-9(13)11(14-16)8-5-3-4-6-10(8)18-13/h3-6,9,16H,2,7H2,1H3/b14-11+/t9-,13-/m1/s1. The lowest BCUT2D eigenvalue weighted by atomic mass is 10.00. The summed E-state index contributed by atoms with van der Waals surface area (Å²) in [4.78, 5) is 11.9. The number of hydrogen-bond acceptors (Lipinski definition) is 5. The van der Waals surface area contributed by atoms with E-state index >= 15 is 0 Å². The molecule has 0 saturated heterocycles. The number of rotatable bonds is 2. The number of fused-ring (bicyclic) bond motifs is 2. The van der Waals surface area contributed by atoms with Gasteiger partial charge in [0.2, 0.25) is 5.60 Å². The van der Waals surface area contributed by atoms with Gasteiger partial charge in [0.15, 0.2) is 0 Å². The average Bonchev–Trinajstić information content (AvgIpc) is 3.11. The first-order valence-corrected chi connectivity index (χ1v) is 5.90. The van der Waals surface area contributed by atoms with Crippen molar-refractivity contribution in [3.63, 3.8) is 0 Å². The molecular formula is C13H13NO4. The van der Waals surface area contributed by atoms with Crippen molar-refractivity contribution >= 4 is 11.7 Å². The molecule has 1 fully saturated rings. The zero-order valence-corrected chi connectivity index (χ0v) is 9.92. The molecule has 1 aromatic carbocycles. The van der Waals surface area contributed by atoms with Crippen LogP contribution in [0.1, 0.15) is 18.9 Å². The molecule has 1 N–H and O–H groups in total. The highest BCUT2D eigenvalue weighted by Crippen LogP contribution is 2.54. The van der Waals surface area contributed by atoms with Crippen molar-refractivity contribution in [1.82, 2.24) is 0 Å². The van der Waals surface area contributed by atoms with E-state index in [1.807, 2.05) is 18.2 Å². The first-order chi connectivity index (χ1) is 8.73. The normalized spacial score (nSPS) is 30.1. The number of carbonyl (C=O) groups excluding carboxylic acids is 1. The number of nitrogens with zero attached hydrogens (tertiary/aromatic N) is 1. The summed E-state index contributed by atoms with van der Waals surface area (Å²) in [6, 6.07) is 7.23. The highest BCUT2D eigenvalue weighted by atomic mass is 16.6. The smallest absolute Gasteiger partial charge is 0.351 e. The summed E-state index contributed by atoms with van der Waals surface area (Å²) in [7, 11) is 0. The molecule has 1 aliphatic carbocycles. The lowest BCUT2D eigenvalue weighted by Crippen LogP contribution is -2.39. The van der Waals surface area contributed by atoms with Crippen LogP contribution in [0.5, 0.6) is 5.75 Å². The molecule has 1 aliphatic heterocycles. The summed E-state index contributed by atoms with van der Waals surface area (Å²) < 4.78 is 10.8. The number of ether oxygens (including phenoxy) is 2. The maximum absolute atomic E-state index is 11.9. The molecule has 94 valence electrons. The fourth-order valence-electron chi connectivity index (χ4n) is 2.47. The number of oxime groups is 1. The van der Waals surface area contributed by atoms with E-state index in [1.165, 1.54) is 0 Å². The van der Waals surface area contributed by atoms with Crippen LogP contribution in [0.3, 0.4) is 0 Å². The van der Waals surface area contributed by atoms with Gasteiger partial charge in [0.05, 0.1) is 18.2 Å². The van der Waals surface area contributed by atoms with Crippen molar-refractivity contribution in [3.05, 3.63) is 29.8 Å². The third kappa shape index (κ3) is 1.33. The molecule has 0 amide bonds. The quantitative estimate of drug-likeness (QED) is 0.489. The maximum atomic E-state index is 11.9. The molecule has 0 spiro atoms. The van der Waals surface area contributed by atoms with Crippen LogP contribution < -0.4 is 4.74 Å². The molecule has 1 heterocycles. The van der Waals surface area contributed by atoms with Gasteiger partial charge in [-0.3, -0.25) is 0 Å². The number of para-hydroxylation sites is 1. The van der Waals surface area contributed by atoms with Crippen molar-refractivity contribution < 1.29 is 19.5 Å². The fraction of sp³-hybridized carbons (Fsp3) is 0.385. The van der Waals surface area contributed by atoms with Crippen LogP contribution in [-0.2, 0) is 9.53 Å². The third-order valence-corrected chi connectivity index (χ3v) is 3.42. The van der Waals surface area contributed by atoms with E-state index in [9.17, 15) is 4.79 Å². The Kier molecular flexibility index (Phi) is 2.29. The van der Waals surface area contributed by atoms with E-state index in [4.69, 9.17) is 14.7 Å². The van der Waals surface area contributed by atoms with Gasteiger partial charge in [0, 0.05) is 12.0 Å². The first kappa shape index (κ1) is 11.1. The maximum Gasteiger partial charge on any atom is 0.351 e. The molecule has 0 unspecified atom stereocenters. The Labute approximate surface area is 104 Å². The molecule has 18 heavy (non-hydrogen) atoms. The molecule has 5 nitrogen and oxygen atoms in total. The van der Waals surface area contributed by atoms with Crippen molar-refractivity contribution in [2.75, 3.05) is 6.61 Å². The zero-order chi connectivity index (χ0) is 12.8. The van der Waals surface area contributed by atoms with Crippen LogP contribution in [0.25, 0.3) is 0 Å². The largest absolute Gasteiger partial charge is 0.474 e. The van der Waals surface area contributed by atoms with Crippen molar-refractivity contribution in [1.29, 1.82) is 0 Å². The summed E-state index contributed by atoms with van der Waals surface area (Å²) in [5, 5.41) is 12.5. The van der Waals surface area contributed by atoms with Gasteiger partial charge in [0.25, 0.3) is 0 Å². The van der Waals surface area contributed by atoms with Gasteiger partial charge in [-0.15, -0.1) is 0 Å². The predicted octanol–water partition coefficient (Wildman–Crippen LogP) is 1.58. The minimum Gasteiger partial charge on any atom is -0.474 e. The predicted molar refractivity (Wildman–Crippen MR) is 62.9 cm³/mol. The van der Waals surface area contributed by atoms with Crippen LogP contribution in [-0.4, -0.2) is 29.1 Å². The Balaban J connectivity index is 2.01. The van der Waals surface area contributed by atoms with Crippen LogP contribution in [0.2, 0.25) is 0 Å². The molecule has 3 rings (SSSR count).